The van der Waals surface area contributed by atoms with Crippen molar-refractivity contribution in [2.75, 3.05) is 0 Å². The van der Waals surface area contributed by atoms with Crippen molar-refractivity contribution in [3.63, 3.8) is 0 Å². The maximum Gasteiger partial charge on any atom is 0.0368 e. The molecule has 0 N–H and O–H groups in total. The van der Waals surface area contributed by atoms with E-state index in [0.717, 1.165) is 0 Å². The number of aryl methyl sites for hydroxylation is 1. The fourth-order valence-electron chi connectivity index (χ4n) is 2.07. The lowest BCUT2D eigenvalue weighted by molar-refractivity contribution is 1.49. The Hall–Kier alpha value is -1.43. The van der Waals surface area contributed by atoms with Gasteiger partial charge in [0, 0.05) is 4.62 Å². The van der Waals surface area contributed by atoms with Crippen molar-refractivity contribution >= 4 is 34.5 Å². The van der Waals surface area contributed by atoms with Gasteiger partial charge >= 0.3 is 0 Å². The van der Waals surface area contributed by atoms with Crippen LogP contribution in [0.3, 0.4) is 0 Å². The van der Waals surface area contributed by atoms with E-state index in [1.165, 1.54) is 20.8 Å². The van der Waals surface area contributed by atoms with E-state index in [2.05, 4.69) is 79.0 Å². The van der Waals surface area contributed by atoms with Gasteiger partial charge < -0.3 is 0 Å². The molecule has 0 radical (unpaired) electrons. The minimum Gasteiger partial charge on any atom is -0.143 e. The number of thiophene rings is 1. The van der Waals surface area contributed by atoms with Gasteiger partial charge in [-0.1, -0.05) is 66.2 Å². The van der Waals surface area contributed by atoms with Crippen molar-refractivity contribution in [3.05, 3.63) is 77.7 Å². The molecule has 1 heterocycles. The van der Waals surface area contributed by atoms with Gasteiger partial charge in [-0.05, 0) is 36.9 Å². The Morgan fingerprint density at radius 2 is 1.42 bits per heavy atom. The summed E-state index contributed by atoms with van der Waals surface area (Å²) in [4.78, 5) is 0. The Morgan fingerprint density at radius 3 is 2.05 bits per heavy atom. The molecule has 3 rings (SSSR count). The van der Waals surface area contributed by atoms with Crippen molar-refractivity contribution in [1.29, 1.82) is 0 Å². The molecule has 0 aliphatic heterocycles. The Balaban J connectivity index is 2.10. The molecular formula is C17H15PS. The van der Waals surface area contributed by atoms with Crippen molar-refractivity contribution < 1.29 is 0 Å². The lowest BCUT2D eigenvalue weighted by Crippen LogP contribution is -2.18. The summed E-state index contributed by atoms with van der Waals surface area (Å²) in [5.74, 6) is 0. The molecule has 94 valence electrons. The van der Waals surface area contributed by atoms with Gasteiger partial charge in [0.05, 0.1) is 0 Å². The number of hydrogen-bond donors (Lipinski definition) is 0. The van der Waals surface area contributed by atoms with E-state index < -0.39 is 7.92 Å². The molecular weight excluding hydrogens is 267 g/mol. The molecule has 1 atom stereocenters. The molecule has 0 saturated heterocycles. The molecule has 1 unspecified atom stereocenters. The van der Waals surface area contributed by atoms with Crippen LogP contribution in [0.5, 0.6) is 0 Å². The Morgan fingerprint density at radius 1 is 0.737 bits per heavy atom. The second kappa shape index (κ2) is 5.69. The highest BCUT2D eigenvalue weighted by molar-refractivity contribution is 7.84. The topological polar surface area (TPSA) is 0 Å². The Bertz CT molecular complexity index is 627. The first kappa shape index (κ1) is 12.6. The molecule has 19 heavy (non-hydrogen) atoms. The van der Waals surface area contributed by atoms with Crippen molar-refractivity contribution in [2.24, 2.45) is 0 Å². The van der Waals surface area contributed by atoms with Crippen LogP contribution >= 0.6 is 19.3 Å². The minimum absolute atomic E-state index is 0.403. The van der Waals surface area contributed by atoms with E-state index in [4.69, 9.17) is 0 Å². The van der Waals surface area contributed by atoms with Crippen molar-refractivity contribution in [1.82, 2.24) is 0 Å². The first-order valence-corrected chi connectivity index (χ1v) is 8.52. The van der Waals surface area contributed by atoms with Crippen LogP contribution in [0.4, 0.5) is 0 Å². The first-order chi connectivity index (χ1) is 9.34. The molecule has 2 aromatic carbocycles. The van der Waals surface area contributed by atoms with Crippen LogP contribution < -0.4 is 15.2 Å². The summed E-state index contributed by atoms with van der Waals surface area (Å²) in [7, 11) is -0.403. The summed E-state index contributed by atoms with van der Waals surface area (Å²) in [5.41, 5.74) is 1.32. The molecule has 0 amide bonds. The van der Waals surface area contributed by atoms with Gasteiger partial charge in [-0.15, -0.1) is 11.3 Å². The van der Waals surface area contributed by atoms with E-state index in [1.54, 1.807) is 0 Å². The summed E-state index contributed by atoms with van der Waals surface area (Å²) >= 11 is 1.85. The maximum absolute atomic E-state index is 2.27. The van der Waals surface area contributed by atoms with Crippen LogP contribution in [0.1, 0.15) is 5.56 Å². The summed E-state index contributed by atoms with van der Waals surface area (Å²) in [5, 5.41) is 5.01. The smallest absolute Gasteiger partial charge is 0.0368 e. The number of benzene rings is 2. The minimum atomic E-state index is -0.403. The SMILES string of the molecule is Cc1ccc(P(c2ccccc2)c2cccs2)cc1. The van der Waals surface area contributed by atoms with Crippen molar-refractivity contribution in [2.45, 2.75) is 6.92 Å². The molecule has 0 fully saturated rings. The predicted octanol–water partition coefficient (Wildman–Crippen LogP) is 3.81. The third-order valence-electron chi connectivity index (χ3n) is 3.03. The number of rotatable bonds is 3. The summed E-state index contributed by atoms with van der Waals surface area (Å²) in [6, 6.07) is 24.2. The van der Waals surface area contributed by atoms with Gasteiger partial charge in [-0.25, -0.2) is 0 Å². The van der Waals surface area contributed by atoms with Crippen LogP contribution in [0.2, 0.25) is 0 Å². The van der Waals surface area contributed by atoms with Gasteiger partial charge in [-0.2, -0.15) is 0 Å². The Kier molecular flexibility index (Phi) is 3.77. The number of hydrogen-bond acceptors (Lipinski definition) is 1. The van der Waals surface area contributed by atoms with E-state index in [0.29, 0.717) is 0 Å². The second-order valence-electron chi connectivity index (χ2n) is 4.46. The molecule has 0 aliphatic carbocycles. The fraction of sp³-hybridized carbons (Fsp3) is 0.0588. The van der Waals surface area contributed by atoms with E-state index in [9.17, 15) is 0 Å². The van der Waals surface area contributed by atoms with Crippen LogP contribution in [0.25, 0.3) is 0 Å². The van der Waals surface area contributed by atoms with E-state index >= 15 is 0 Å². The summed E-state index contributed by atoms with van der Waals surface area (Å²) in [6.07, 6.45) is 0. The van der Waals surface area contributed by atoms with Gasteiger partial charge in [0.1, 0.15) is 0 Å². The van der Waals surface area contributed by atoms with E-state index in [1.807, 2.05) is 11.3 Å². The lowest BCUT2D eigenvalue weighted by Gasteiger charge is -2.17. The molecule has 0 saturated carbocycles. The quantitative estimate of drug-likeness (QED) is 0.641. The highest BCUT2D eigenvalue weighted by Crippen LogP contribution is 2.34. The highest BCUT2D eigenvalue weighted by atomic mass is 32.1. The fourth-order valence-corrected chi connectivity index (χ4v) is 5.72. The van der Waals surface area contributed by atoms with Gasteiger partial charge in [0.25, 0.3) is 0 Å². The third-order valence-corrected chi connectivity index (χ3v) is 6.79. The monoisotopic (exact) mass is 282 g/mol. The summed E-state index contributed by atoms with van der Waals surface area (Å²) in [6.45, 7) is 2.14. The highest BCUT2D eigenvalue weighted by Gasteiger charge is 2.16. The van der Waals surface area contributed by atoms with Gasteiger partial charge in [0.2, 0.25) is 0 Å². The average Bonchev–Trinajstić information content (AvgIpc) is 2.96. The first-order valence-electron chi connectivity index (χ1n) is 6.30. The molecule has 2 heteroatoms. The van der Waals surface area contributed by atoms with E-state index in [-0.39, 0.29) is 0 Å². The maximum atomic E-state index is 2.27. The molecule has 0 bridgehead atoms. The molecule has 0 aliphatic rings. The van der Waals surface area contributed by atoms with Crippen molar-refractivity contribution in [3.8, 4) is 0 Å². The molecule has 3 aromatic rings. The van der Waals surface area contributed by atoms with Gasteiger partial charge in [0.15, 0.2) is 0 Å². The van der Waals surface area contributed by atoms with Crippen LogP contribution in [0, 0.1) is 6.92 Å². The zero-order valence-corrected chi connectivity index (χ0v) is 12.5. The zero-order chi connectivity index (χ0) is 13.1. The zero-order valence-electron chi connectivity index (χ0n) is 10.8. The van der Waals surface area contributed by atoms with Crippen LogP contribution in [-0.4, -0.2) is 0 Å². The van der Waals surface area contributed by atoms with Crippen LogP contribution in [-0.2, 0) is 0 Å². The Labute approximate surface area is 119 Å². The standard InChI is InChI=1S/C17H15PS/c1-14-9-11-16(12-10-14)18(17-8-5-13-19-17)15-6-3-2-4-7-15/h2-13H,1H3. The summed E-state index contributed by atoms with van der Waals surface area (Å²) < 4.78 is 1.46. The third kappa shape index (κ3) is 2.78. The second-order valence-corrected chi connectivity index (χ2v) is 7.89. The normalized spacial score (nSPS) is 12.3. The largest absolute Gasteiger partial charge is 0.143 e. The average molecular weight is 282 g/mol. The van der Waals surface area contributed by atoms with Crippen LogP contribution in [0.15, 0.2) is 72.1 Å². The molecule has 0 spiro atoms. The lowest BCUT2D eigenvalue weighted by atomic mass is 10.2. The predicted molar refractivity (Wildman–Crippen MR) is 87.8 cm³/mol. The van der Waals surface area contributed by atoms with Gasteiger partial charge in [-0.3, -0.25) is 0 Å². The molecule has 1 aromatic heterocycles. The molecule has 0 nitrogen and oxygen atoms in total.